The summed E-state index contributed by atoms with van der Waals surface area (Å²) in [5.74, 6) is 0.126. The van der Waals surface area contributed by atoms with Gasteiger partial charge in [-0.1, -0.05) is 17.7 Å². The molecule has 1 N–H and O–H groups in total. The van der Waals surface area contributed by atoms with Crippen molar-refractivity contribution in [1.29, 1.82) is 0 Å². The van der Waals surface area contributed by atoms with Crippen molar-refractivity contribution in [3.05, 3.63) is 29.3 Å². The number of rotatable bonds is 6. The normalized spacial score (nSPS) is 18.1. The highest BCUT2D eigenvalue weighted by Crippen LogP contribution is 2.19. The molecule has 1 aromatic carbocycles. The van der Waals surface area contributed by atoms with Gasteiger partial charge in [0.25, 0.3) is 5.91 Å². The molecule has 2 rings (SSSR count). The minimum atomic E-state index is -3.56. The molecule has 27 heavy (non-hydrogen) atoms. The standard InChI is InChI=1S/C19H30ClN3O3S/c1-14(2)23(15(3)4)19(24)16(5)21-9-11-22(12-10-21)27(25,26)18-8-6-7-17(20)13-18/h6-8,13-16H,9-12H2,1-5H3/p+1/t16-/m1/s1. The van der Waals surface area contributed by atoms with E-state index < -0.39 is 10.0 Å². The second-order valence-electron chi connectivity index (χ2n) is 7.67. The third kappa shape index (κ3) is 5.02. The topological polar surface area (TPSA) is 62.1 Å². The van der Waals surface area contributed by atoms with Crippen LogP contribution in [0.4, 0.5) is 0 Å². The predicted octanol–water partition coefficient (Wildman–Crippen LogP) is 1.26. The molecular weight excluding hydrogens is 386 g/mol. The molecule has 0 saturated carbocycles. The van der Waals surface area contributed by atoms with Gasteiger partial charge >= 0.3 is 0 Å². The molecule has 1 saturated heterocycles. The van der Waals surface area contributed by atoms with Crippen molar-refractivity contribution in [3.8, 4) is 0 Å². The summed E-state index contributed by atoms with van der Waals surface area (Å²) in [6.45, 7) is 12.0. The van der Waals surface area contributed by atoms with E-state index >= 15 is 0 Å². The van der Waals surface area contributed by atoms with Crippen LogP contribution >= 0.6 is 11.6 Å². The Hall–Kier alpha value is -1.15. The first-order valence-electron chi connectivity index (χ1n) is 9.48. The van der Waals surface area contributed by atoms with Crippen molar-refractivity contribution in [2.45, 2.75) is 57.6 Å². The second kappa shape index (κ2) is 8.90. The number of sulfonamides is 1. The van der Waals surface area contributed by atoms with Crippen molar-refractivity contribution < 1.29 is 18.1 Å². The summed E-state index contributed by atoms with van der Waals surface area (Å²) in [7, 11) is -3.56. The number of carbonyl (C=O) groups is 1. The highest BCUT2D eigenvalue weighted by atomic mass is 35.5. The Balaban J connectivity index is 2.05. The maximum Gasteiger partial charge on any atom is 0.281 e. The van der Waals surface area contributed by atoms with Crippen molar-refractivity contribution in [1.82, 2.24) is 9.21 Å². The Kier molecular flexibility index (Phi) is 7.30. The minimum Gasteiger partial charge on any atom is -0.333 e. The summed E-state index contributed by atoms with van der Waals surface area (Å²) in [6, 6.07) is 6.44. The maximum absolute atomic E-state index is 12.9. The Morgan fingerprint density at radius 2 is 1.67 bits per heavy atom. The maximum atomic E-state index is 12.9. The number of amides is 1. The minimum absolute atomic E-state index is 0.126. The van der Waals surface area contributed by atoms with Gasteiger partial charge in [-0.05, 0) is 52.8 Å². The van der Waals surface area contributed by atoms with Crippen LogP contribution in [0.25, 0.3) is 0 Å². The van der Waals surface area contributed by atoms with E-state index in [1.54, 1.807) is 18.2 Å². The molecule has 1 heterocycles. The van der Waals surface area contributed by atoms with E-state index in [0.717, 1.165) is 4.90 Å². The number of quaternary nitrogens is 1. The molecular formula is C19H31ClN3O3S+. The average molecular weight is 417 g/mol. The Morgan fingerprint density at radius 1 is 1.11 bits per heavy atom. The van der Waals surface area contributed by atoms with Crippen molar-refractivity contribution in [3.63, 3.8) is 0 Å². The highest BCUT2D eigenvalue weighted by Gasteiger charge is 2.37. The van der Waals surface area contributed by atoms with E-state index in [1.807, 2.05) is 39.5 Å². The number of piperazine rings is 1. The van der Waals surface area contributed by atoms with Gasteiger partial charge in [-0.25, -0.2) is 8.42 Å². The zero-order valence-corrected chi connectivity index (χ0v) is 18.3. The molecule has 1 amide bonds. The monoisotopic (exact) mass is 416 g/mol. The van der Waals surface area contributed by atoms with Crippen LogP contribution in [-0.2, 0) is 14.8 Å². The molecule has 0 aromatic heterocycles. The van der Waals surface area contributed by atoms with Crippen LogP contribution in [0, 0.1) is 0 Å². The van der Waals surface area contributed by atoms with E-state index in [4.69, 9.17) is 11.6 Å². The first-order chi connectivity index (χ1) is 12.6. The largest absolute Gasteiger partial charge is 0.333 e. The van der Waals surface area contributed by atoms with Crippen LogP contribution in [0.3, 0.4) is 0 Å². The number of benzene rings is 1. The van der Waals surface area contributed by atoms with E-state index in [0.29, 0.717) is 31.2 Å². The van der Waals surface area contributed by atoms with Gasteiger partial charge in [-0.15, -0.1) is 0 Å². The Labute approximate surface area is 168 Å². The summed E-state index contributed by atoms with van der Waals surface area (Å²) in [5.41, 5.74) is 0. The van der Waals surface area contributed by atoms with Crippen LogP contribution in [0.2, 0.25) is 5.02 Å². The predicted molar refractivity (Wildman–Crippen MR) is 107 cm³/mol. The van der Waals surface area contributed by atoms with Crippen LogP contribution in [0.5, 0.6) is 0 Å². The Morgan fingerprint density at radius 3 is 2.15 bits per heavy atom. The number of halogens is 1. The Bertz CT molecular complexity index is 751. The zero-order valence-electron chi connectivity index (χ0n) is 16.8. The first-order valence-corrected chi connectivity index (χ1v) is 11.3. The summed E-state index contributed by atoms with van der Waals surface area (Å²) in [4.78, 5) is 16.2. The average Bonchev–Trinajstić information content (AvgIpc) is 2.60. The fourth-order valence-electron chi connectivity index (χ4n) is 3.73. The molecule has 1 fully saturated rings. The van der Waals surface area contributed by atoms with Crippen LogP contribution in [0.15, 0.2) is 29.2 Å². The van der Waals surface area contributed by atoms with Gasteiger partial charge in [0.05, 0.1) is 31.1 Å². The van der Waals surface area contributed by atoms with Gasteiger partial charge in [-0.2, -0.15) is 4.31 Å². The van der Waals surface area contributed by atoms with Gasteiger partial charge < -0.3 is 9.80 Å². The van der Waals surface area contributed by atoms with E-state index in [2.05, 4.69) is 0 Å². The molecule has 8 heteroatoms. The molecule has 0 bridgehead atoms. The van der Waals surface area contributed by atoms with Crippen LogP contribution in [-0.4, -0.2) is 67.8 Å². The van der Waals surface area contributed by atoms with E-state index in [1.165, 1.54) is 10.4 Å². The first kappa shape index (κ1) is 22.1. The number of hydrogen-bond donors (Lipinski definition) is 1. The lowest BCUT2D eigenvalue weighted by atomic mass is 10.1. The number of nitrogens with one attached hydrogen (secondary N) is 1. The van der Waals surface area contributed by atoms with Crippen LogP contribution < -0.4 is 4.90 Å². The smallest absolute Gasteiger partial charge is 0.281 e. The lowest BCUT2D eigenvalue weighted by Crippen LogP contribution is -3.19. The molecule has 0 radical (unpaired) electrons. The summed E-state index contributed by atoms with van der Waals surface area (Å²) < 4.78 is 27.1. The third-order valence-electron chi connectivity index (χ3n) is 5.15. The molecule has 1 aliphatic heterocycles. The van der Waals surface area contributed by atoms with E-state index in [9.17, 15) is 13.2 Å². The zero-order chi connectivity index (χ0) is 20.4. The van der Waals surface area contributed by atoms with Gasteiger partial charge in [0.15, 0.2) is 6.04 Å². The second-order valence-corrected chi connectivity index (χ2v) is 10.0. The number of hydrogen-bond acceptors (Lipinski definition) is 3. The van der Waals surface area contributed by atoms with Crippen molar-refractivity contribution in [2.24, 2.45) is 0 Å². The van der Waals surface area contributed by atoms with E-state index in [-0.39, 0.29) is 28.9 Å². The van der Waals surface area contributed by atoms with Gasteiger partial charge in [0.2, 0.25) is 10.0 Å². The lowest BCUT2D eigenvalue weighted by molar-refractivity contribution is -0.918. The third-order valence-corrected chi connectivity index (χ3v) is 7.28. The molecule has 0 spiro atoms. The lowest BCUT2D eigenvalue weighted by Gasteiger charge is -2.38. The van der Waals surface area contributed by atoms with Gasteiger partial charge in [0, 0.05) is 17.1 Å². The van der Waals surface area contributed by atoms with Gasteiger partial charge in [-0.3, -0.25) is 4.79 Å². The summed E-state index contributed by atoms with van der Waals surface area (Å²) in [5, 5.41) is 0.405. The van der Waals surface area contributed by atoms with Crippen molar-refractivity contribution >= 4 is 27.5 Å². The molecule has 1 aromatic rings. The molecule has 1 aliphatic rings. The summed E-state index contributed by atoms with van der Waals surface area (Å²) >= 11 is 5.94. The van der Waals surface area contributed by atoms with Crippen LogP contribution in [0.1, 0.15) is 34.6 Å². The fraction of sp³-hybridized carbons (Fsp3) is 0.632. The van der Waals surface area contributed by atoms with Gasteiger partial charge in [0.1, 0.15) is 0 Å². The SMILES string of the molecule is CC(C)N(C(=O)[C@@H](C)[NH+]1CCN(S(=O)(=O)c2cccc(Cl)c2)CC1)C(C)C. The fourth-order valence-corrected chi connectivity index (χ4v) is 5.47. The molecule has 152 valence electrons. The molecule has 0 unspecified atom stereocenters. The summed E-state index contributed by atoms with van der Waals surface area (Å²) in [6.07, 6.45) is 0. The number of nitrogens with zero attached hydrogens (tertiary/aromatic N) is 2. The quantitative estimate of drug-likeness (QED) is 0.759. The van der Waals surface area contributed by atoms with Crippen molar-refractivity contribution in [2.75, 3.05) is 26.2 Å². The molecule has 1 atom stereocenters. The number of carbonyl (C=O) groups excluding carboxylic acids is 1. The highest BCUT2D eigenvalue weighted by molar-refractivity contribution is 7.89. The molecule has 0 aliphatic carbocycles. The molecule has 6 nitrogen and oxygen atoms in total.